The molecule has 0 fully saturated rings. The second-order valence-corrected chi connectivity index (χ2v) is 6.37. The molecular formula is C20H21N5O2. The van der Waals surface area contributed by atoms with Crippen molar-refractivity contribution in [2.75, 3.05) is 14.1 Å². The van der Waals surface area contributed by atoms with Crippen LogP contribution >= 0.6 is 0 Å². The van der Waals surface area contributed by atoms with Crippen LogP contribution in [0.5, 0.6) is 0 Å². The van der Waals surface area contributed by atoms with Crippen LogP contribution in [0, 0.1) is 0 Å². The standard InChI is InChI=1S/C20H21N5O2/c1-24(2)20(27)17-10-8-15(9-11-17)12-21-19(26)18-14-25(23-22-18)13-16-6-4-3-5-7-16/h3-11,14H,12-13H2,1-2H3,(H,21,26). The van der Waals surface area contributed by atoms with Crippen LogP contribution in [0.25, 0.3) is 0 Å². The van der Waals surface area contributed by atoms with Gasteiger partial charge in [0.05, 0.1) is 12.7 Å². The molecule has 27 heavy (non-hydrogen) atoms. The van der Waals surface area contributed by atoms with Gasteiger partial charge in [0.1, 0.15) is 0 Å². The van der Waals surface area contributed by atoms with Gasteiger partial charge in [-0.25, -0.2) is 4.68 Å². The van der Waals surface area contributed by atoms with E-state index in [2.05, 4.69) is 15.6 Å². The first-order valence-corrected chi connectivity index (χ1v) is 8.56. The number of aromatic nitrogens is 3. The molecular weight excluding hydrogens is 342 g/mol. The largest absolute Gasteiger partial charge is 0.347 e. The van der Waals surface area contributed by atoms with Crippen LogP contribution in [-0.4, -0.2) is 45.8 Å². The molecule has 7 heteroatoms. The van der Waals surface area contributed by atoms with Crippen molar-refractivity contribution in [3.05, 3.63) is 83.2 Å². The van der Waals surface area contributed by atoms with Crippen LogP contribution in [0.2, 0.25) is 0 Å². The fraction of sp³-hybridized carbons (Fsp3) is 0.200. The predicted octanol–water partition coefficient (Wildman–Crippen LogP) is 1.96. The SMILES string of the molecule is CN(C)C(=O)c1ccc(CNC(=O)c2cn(Cc3ccccc3)nn2)cc1. The van der Waals surface area contributed by atoms with Gasteiger partial charge < -0.3 is 10.2 Å². The molecule has 0 aliphatic carbocycles. The molecule has 0 atom stereocenters. The number of hydrogen-bond donors (Lipinski definition) is 1. The van der Waals surface area contributed by atoms with Crippen molar-refractivity contribution in [1.82, 2.24) is 25.2 Å². The Morgan fingerprint density at radius 2 is 1.70 bits per heavy atom. The van der Waals surface area contributed by atoms with Gasteiger partial charge in [-0.05, 0) is 23.3 Å². The molecule has 7 nitrogen and oxygen atoms in total. The third-order valence-electron chi connectivity index (χ3n) is 4.02. The molecule has 3 rings (SSSR count). The van der Waals surface area contributed by atoms with Crippen LogP contribution in [-0.2, 0) is 13.1 Å². The molecule has 0 bridgehead atoms. The summed E-state index contributed by atoms with van der Waals surface area (Å²) in [6.45, 7) is 0.906. The highest BCUT2D eigenvalue weighted by Crippen LogP contribution is 2.07. The minimum absolute atomic E-state index is 0.0550. The molecule has 2 amide bonds. The fourth-order valence-electron chi connectivity index (χ4n) is 2.55. The normalized spacial score (nSPS) is 10.4. The lowest BCUT2D eigenvalue weighted by Gasteiger charge is -2.10. The van der Waals surface area contributed by atoms with Gasteiger partial charge in [0.25, 0.3) is 11.8 Å². The third-order valence-corrected chi connectivity index (χ3v) is 4.02. The first-order chi connectivity index (χ1) is 13.0. The van der Waals surface area contributed by atoms with Gasteiger partial charge >= 0.3 is 0 Å². The Kier molecular flexibility index (Phi) is 5.61. The van der Waals surface area contributed by atoms with Crippen molar-refractivity contribution in [2.45, 2.75) is 13.1 Å². The molecule has 0 saturated heterocycles. The number of amides is 2. The number of nitrogens with zero attached hydrogens (tertiary/aromatic N) is 4. The van der Waals surface area contributed by atoms with E-state index in [1.807, 2.05) is 42.5 Å². The average molecular weight is 363 g/mol. The molecule has 0 spiro atoms. The summed E-state index contributed by atoms with van der Waals surface area (Å²) in [6, 6.07) is 17.0. The maximum atomic E-state index is 12.3. The van der Waals surface area contributed by atoms with E-state index in [4.69, 9.17) is 0 Å². The highest BCUT2D eigenvalue weighted by atomic mass is 16.2. The molecule has 138 valence electrons. The quantitative estimate of drug-likeness (QED) is 0.726. The predicted molar refractivity (Wildman–Crippen MR) is 101 cm³/mol. The summed E-state index contributed by atoms with van der Waals surface area (Å²) in [5, 5.41) is 10.7. The van der Waals surface area contributed by atoms with E-state index < -0.39 is 0 Å². The number of benzene rings is 2. The number of nitrogens with one attached hydrogen (secondary N) is 1. The van der Waals surface area contributed by atoms with Gasteiger partial charge in [-0.15, -0.1) is 5.10 Å². The summed E-state index contributed by atoms with van der Waals surface area (Å²) >= 11 is 0. The number of rotatable bonds is 6. The summed E-state index contributed by atoms with van der Waals surface area (Å²) < 4.78 is 1.63. The van der Waals surface area contributed by atoms with Crippen LogP contribution in [0.15, 0.2) is 60.8 Å². The molecule has 2 aromatic carbocycles. The summed E-state index contributed by atoms with van der Waals surface area (Å²) in [6.07, 6.45) is 1.63. The van der Waals surface area contributed by atoms with Crippen LogP contribution in [0.3, 0.4) is 0 Å². The monoisotopic (exact) mass is 363 g/mol. The Bertz CT molecular complexity index is 917. The molecule has 1 aromatic heterocycles. The maximum Gasteiger partial charge on any atom is 0.273 e. The van der Waals surface area contributed by atoms with Gasteiger partial charge in [0.2, 0.25) is 0 Å². The Morgan fingerprint density at radius 1 is 1.00 bits per heavy atom. The Balaban J connectivity index is 1.56. The Hall–Kier alpha value is -3.48. The zero-order valence-electron chi connectivity index (χ0n) is 15.3. The minimum Gasteiger partial charge on any atom is -0.347 e. The molecule has 0 aliphatic heterocycles. The topological polar surface area (TPSA) is 80.1 Å². The van der Waals surface area contributed by atoms with Crippen LogP contribution in [0.4, 0.5) is 0 Å². The van der Waals surface area contributed by atoms with Gasteiger partial charge in [-0.1, -0.05) is 47.7 Å². The molecule has 0 saturated carbocycles. The van der Waals surface area contributed by atoms with E-state index in [1.54, 1.807) is 37.1 Å². The third kappa shape index (κ3) is 4.78. The number of carbonyl (C=O) groups is 2. The molecule has 0 aliphatic rings. The van der Waals surface area contributed by atoms with Crippen molar-refractivity contribution in [3.63, 3.8) is 0 Å². The van der Waals surface area contributed by atoms with Gasteiger partial charge in [0, 0.05) is 26.2 Å². The van der Waals surface area contributed by atoms with Gasteiger partial charge in [-0.2, -0.15) is 0 Å². The summed E-state index contributed by atoms with van der Waals surface area (Å²) in [5.41, 5.74) is 2.86. The molecule has 1 N–H and O–H groups in total. The molecule has 0 unspecified atom stereocenters. The smallest absolute Gasteiger partial charge is 0.273 e. The lowest BCUT2D eigenvalue weighted by Crippen LogP contribution is -2.23. The lowest BCUT2D eigenvalue weighted by atomic mass is 10.1. The molecule has 1 heterocycles. The van der Waals surface area contributed by atoms with E-state index >= 15 is 0 Å². The Labute approximate surface area is 157 Å². The minimum atomic E-state index is -0.289. The van der Waals surface area contributed by atoms with Gasteiger partial charge in [-0.3, -0.25) is 9.59 Å². The zero-order valence-corrected chi connectivity index (χ0v) is 15.3. The molecule has 3 aromatic rings. The van der Waals surface area contributed by atoms with Crippen LogP contribution in [0.1, 0.15) is 32.0 Å². The van der Waals surface area contributed by atoms with E-state index in [0.29, 0.717) is 18.7 Å². The van der Waals surface area contributed by atoms with E-state index in [1.165, 1.54) is 4.90 Å². The number of carbonyl (C=O) groups excluding carboxylic acids is 2. The Morgan fingerprint density at radius 3 is 2.37 bits per heavy atom. The van der Waals surface area contributed by atoms with Crippen LogP contribution < -0.4 is 5.32 Å². The highest BCUT2D eigenvalue weighted by molar-refractivity contribution is 5.94. The van der Waals surface area contributed by atoms with Crippen molar-refractivity contribution < 1.29 is 9.59 Å². The summed E-state index contributed by atoms with van der Waals surface area (Å²) in [5.74, 6) is -0.344. The van der Waals surface area contributed by atoms with E-state index in [-0.39, 0.29) is 17.5 Å². The average Bonchev–Trinajstić information content (AvgIpc) is 3.15. The van der Waals surface area contributed by atoms with Crippen molar-refractivity contribution in [3.8, 4) is 0 Å². The zero-order chi connectivity index (χ0) is 19.2. The molecule has 0 radical (unpaired) electrons. The van der Waals surface area contributed by atoms with Crippen molar-refractivity contribution >= 4 is 11.8 Å². The fourth-order valence-corrected chi connectivity index (χ4v) is 2.55. The first-order valence-electron chi connectivity index (χ1n) is 8.56. The van der Waals surface area contributed by atoms with E-state index in [0.717, 1.165) is 11.1 Å². The maximum absolute atomic E-state index is 12.3. The lowest BCUT2D eigenvalue weighted by molar-refractivity contribution is 0.0827. The highest BCUT2D eigenvalue weighted by Gasteiger charge is 2.11. The first kappa shape index (κ1) is 18.3. The van der Waals surface area contributed by atoms with Gasteiger partial charge in [0.15, 0.2) is 5.69 Å². The van der Waals surface area contributed by atoms with Crippen molar-refractivity contribution in [1.29, 1.82) is 0 Å². The summed E-state index contributed by atoms with van der Waals surface area (Å²) in [7, 11) is 3.42. The van der Waals surface area contributed by atoms with Crippen molar-refractivity contribution in [2.24, 2.45) is 0 Å². The summed E-state index contributed by atoms with van der Waals surface area (Å²) in [4.78, 5) is 25.7. The second-order valence-electron chi connectivity index (χ2n) is 6.37. The second kappa shape index (κ2) is 8.27. The number of hydrogen-bond acceptors (Lipinski definition) is 4. The van der Waals surface area contributed by atoms with E-state index in [9.17, 15) is 9.59 Å².